The molecule has 1 saturated heterocycles. The molecule has 1 aliphatic rings. The average molecular weight is 339 g/mol. The van der Waals surface area contributed by atoms with Crippen molar-refractivity contribution in [2.75, 3.05) is 13.1 Å². The standard InChI is InChI=1S/C13H22N2O2S2.ClH/c1-9-7-10(2)18-13(9)19(16,17)15-11(3)12-5-4-6-14-8-12;/h7,11-12,14-15H,4-6,8H2,1-3H3;1H. The first-order valence-corrected chi connectivity index (χ1v) is 9.00. The van der Waals surface area contributed by atoms with Crippen molar-refractivity contribution in [1.82, 2.24) is 10.0 Å². The third-order valence-electron chi connectivity index (χ3n) is 3.62. The van der Waals surface area contributed by atoms with Crippen LogP contribution in [0.2, 0.25) is 0 Å². The molecule has 1 aliphatic heterocycles. The van der Waals surface area contributed by atoms with Crippen molar-refractivity contribution < 1.29 is 8.42 Å². The summed E-state index contributed by atoms with van der Waals surface area (Å²) in [7, 11) is -3.38. The Labute approximate surface area is 131 Å². The lowest BCUT2D eigenvalue weighted by Crippen LogP contribution is -2.44. The molecule has 0 bridgehead atoms. The van der Waals surface area contributed by atoms with E-state index in [1.54, 1.807) is 0 Å². The summed E-state index contributed by atoms with van der Waals surface area (Å²) in [5.41, 5.74) is 0.837. The lowest BCUT2D eigenvalue weighted by molar-refractivity contribution is 0.320. The van der Waals surface area contributed by atoms with Crippen LogP contribution in [0.4, 0.5) is 0 Å². The van der Waals surface area contributed by atoms with Gasteiger partial charge >= 0.3 is 0 Å². The van der Waals surface area contributed by atoms with E-state index in [1.165, 1.54) is 11.3 Å². The van der Waals surface area contributed by atoms with E-state index in [4.69, 9.17) is 0 Å². The van der Waals surface area contributed by atoms with E-state index in [2.05, 4.69) is 10.0 Å². The lowest BCUT2D eigenvalue weighted by atomic mass is 9.94. The van der Waals surface area contributed by atoms with Crippen molar-refractivity contribution in [1.29, 1.82) is 0 Å². The van der Waals surface area contributed by atoms with Gasteiger partial charge in [-0.2, -0.15) is 0 Å². The molecule has 2 heterocycles. The maximum Gasteiger partial charge on any atom is 0.250 e. The van der Waals surface area contributed by atoms with Gasteiger partial charge in [0.1, 0.15) is 4.21 Å². The fourth-order valence-electron chi connectivity index (χ4n) is 2.59. The number of hydrogen-bond acceptors (Lipinski definition) is 4. The summed E-state index contributed by atoms with van der Waals surface area (Å²) in [4.78, 5) is 1.03. The molecule has 7 heteroatoms. The molecule has 0 amide bonds. The van der Waals surface area contributed by atoms with Crippen LogP contribution in [0, 0.1) is 19.8 Å². The Bertz CT molecular complexity index is 537. The average Bonchev–Trinajstić information content (AvgIpc) is 2.70. The molecule has 1 fully saturated rings. The minimum Gasteiger partial charge on any atom is -0.316 e. The van der Waals surface area contributed by atoms with E-state index in [-0.39, 0.29) is 18.4 Å². The molecule has 0 aliphatic carbocycles. The maximum absolute atomic E-state index is 12.4. The van der Waals surface area contributed by atoms with Crippen LogP contribution in [0.3, 0.4) is 0 Å². The molecule has 0 aromatic carbocycles. The number of aryl methyl sites for hydroxylation is 2. The largest absolute Gasteiger partial charge is 0.316 e. The van der Waals surface area contributed by atoms with Crippen LogP contribution in [-0.4, -0.2) is 27.5 Å². The Balaban J connectivity index is 0.00000200. The molecular weight excluding hydrogens is 316 g/mol. The van der Waals surface area contributed by atoms with Gasteiger partial charge in [-0.25, -0.2) is 13.1 Å². The van der Waals surface area contributed by atoms with Crippen molar-refractivity contribution in [3.63, 3.8) is 0 Å². The fourth-order valence-corrected chi connectivity index (χ4v) is 5.58. The van der Waals surface area contributed by atoms with Gasteiger partial charge < -0.3 is 5.32 Å². The Hall–Kier alpha value is -0.140. The predicted molar refractivity (Wildman–Crippen MR) is 86.4 cm³/mol. The van der Waals surface area contributed by atoms with Crippen LogP contribution in [0.5, 0.6) is 0 Å². The topological polar surface area (TPSA) is 58.2 Å². The number of sulfonamides is 1. The Morgan fingerprint density at radius 2 is 2.15 bits per heavy atom. The summed E-state index contributed by atoms with van der Waals surface area (Å²) >= 11 is 1.34. The highest BCUT2D eigenvalue weighted by atomic mass is 35.5. The van der Waals surface area contributed by atoms with E-state index in [9.17, 15) is 8.42 Å². The first-order chi connectivity index (χ1) is 8.90. The summed E-state index contributed by atoms with van der Waals surface area (Å²) in [5.74, 6) is 0.380. The zero-order chi connectivity index (χ0) is 14.0. The Kier molecular flexibility index (Phi) is 6.47. The van der Waals surface area contributed by atoms with Crippen LogP contribution >= 0.6 is 23.7 Å². The van der Waals surface area contributed by atoms with E-state index in [0.717, 1.165) is 36.4 Å². The van der Waals surface area contributed by atoms with E-state index in [1.807, 2.05) is 26.8 Å². The zero-order valence-electron chi connectivity index (χ0n) is 12.1. The molecule has 1 aromatic rings. The molecule has 2 unspecified atom stereocenters. The highest BCUT2D eigenvalue weighted by molar-refractivity contribution is 7.91. The quantitative estimate of drug-likeness (QED) is 0.886. The van der Waals surface area contributed by atoms with Crippen LogP contribution < -0.4 is 10.0 Å². The molecule has 4 nitrogen and oxygen atoms in total. The van der Waals surface area contributed by atoms with Gasteiger partial charge in [0, 0.05) is 10.9 Å². The minimum atomic E-state index is -3.38. The smallest absolute Gasteiger partial charge is 0.250 e. The predicted octanol–water partition coefficient (Wildman–Crippen LogP) is 2.45. The second-order valence-electron chi connectivity index (χ2n) is 5.34. The molecule has 0 spiro atoms. The molecule has 20 heavy (non-hydrogen) atoms. The van der Waals surface area contributed by atoms with Crippen molar-refractivity contribution in [2.45, 2.75) is 43.9 Å². The van der Waals surface area contributed by atoms with E-state index in [0.29, 0.717) is 10.1 Å². The molecule has 116 valence electrons. The Morgan fingerprint density at radius 3 is 2.65 bits per heavy atom. The third-order valence-corrected chi connectivity index (χ3v) is 6.97. The van der Waals surface area contributed by atoms with Gasteiger partial charge in [-0.1, -0.05) is 0 Å². The summed E-state index contributed by atoms with van der Waals surface area (Å²) in [5, 5.41) is 3.32. The van der Waals surface area contributed by atoms with Gasteiger partial charge in [0.15, 0.2) is 0 Å². The number of thiophene rings is 1. The zero-order valence-corrected chi connectivity index (χ0v) is 14.6. The summed E-state index contributed by atoms with van der Waals surface area (Å²) in [6.45, 7) is 7.69. The monoisotopic (exact) mass is 338 g/mol. The van der Waals surface area contributed by atoms with Crippen LogP contribution in [0.25, 0.3) is 0 Å². The van der Waals surface area contributed by atoms with Gasteiger partial charge in [0.05, 0.1) is 0 Å². The first-order valence-electron chi connectivity index (χ1n) is 6.70. The molecule has 0 radical (unpaired) electrons. The second-order valence-corrected chi connectivity index (χ2v) is 8.51. The van der Waals surface area contributed by atoms with E-state index < -0.39 is 10.0 Å². The number of nitrogens with one attached hydrogen (secondary N) is 2. The summed E-state index contributed by atoms with van der Waals surface area (Å²) in [6, 6.07) is 1.89. The van der Waals surface area contributed by atoms with Gasteiger partial charge in [-0.15, -0.1) is 23.7 Å². The van der Waals surface area contributed by atoms with Crippen molar-refractivity contribution in [3.8, 4) is 0 Å². The highest BCUT2D eigenvalue weighted by Crippen LogP contribution is 2.26. The SMILES string of the molecule is Cc1cc(C)c(S(=O)(=O)NC(C)C2CCCNC2)s1.Cl. The molecule has 2 rings (SSSR count). The highest BCUT2D eigenvalue weighted by Gasteiger charge is 2.27. The first kappa shape index (κ1) is 17.9. The molecule has 2 N–H and O–H groups in total. The fraction of sp³-hybridized carbons (Fsp3) is 0.692. The minimum absolute atomic E-state index is 0. The van der Waals surface area contributed by atoms with E-state index >= 15 is 0 Å². The number of rotatable bonds is 4. The van der Waals surface area contributed by atoms with Crippen LogP contribution in [0.1, 0.15) is 30.2 Å². The van der Waals surface area contributed by atoms with Crippen molar-refractivity contribution in [3.05, 3.63) is 16.5 Å². The number of piperidine rings is 1. The van der Waals surface area contributed by atoms with Crippen LogP contribution in [-0.2, 0) is 10.0 Å². The molecule has 1 aromatic heterocycles. The molecule has 2 atom stereocenters. The van der Waals surface area contributed by atoms with Crippen molar-refractivity contribution in [2.24, 2.45) is 5.92 Å². The van der Waals surface area contributed by atoms with Gasteiger partial charge in [0.2, 0.25) is 0 Å². The Morgan fingerprint density at radius 1 is 1.45 bits per heavy atom. The number of hydrogen-bond donors (Lipinski definition) is 2. The molecule has 0 saturated carbocycles. The van der Waals surface area contributed by atoms with Gasteiger partial charge in [-0.05, 0) is 64.3 Å². The second kappa shape index (κ2) is 7.22. The van der Waals surface area contributed by atoms with Crippen molar-refractivity contribution >= 4 is 33.8 Å². The third kappa shape index (κ3) is 4.18. The van der Waals surface area contributed by atoms with Gasteiger partial charge in [-0.3, -0.25) is 0 Å². The maximum atomic E-state index is 12.4. The summed E-state index contributed by atoms with van der Waals surface area (Å²) < 4.78 is 28.1. The summed E-state index contributed by atoms with van der Waals surface area (Å²) in [6.07, 6.45) is 2.20. The number of halogens is 1. The van der Waals surface area contributed by atoms with Gasteiger partial charge in [0.25, 0.3) is 10.0 Å². The normalized spacial score (nSPS) is 21.2. The van der Waals surface area contributed by atoms with Crippen LogP contribution in [0.15, 0.2) is 10.3 Å². The lowest BCUT2D eigenvalue weighted by Gasteiger charge is -2.28. The molecular formula is C13H23ClN2O2S2.